The van der Waals surface area contributed by atoms with Crippen molar-refractivity contribution >= 4 is 34.4 Å². The summed E-state index contributed by atoms with van der Waals surface area (Å²) in [7, 11) is 0. The van der Waals surface area contributed by atoms with Gasteiger partial charge in [-0.15, -0.1) is 10.2 Å². The van der Waals surface area contributed by atoms with Gasteiger partial charge in [0.15, 0.2) is 11.0 Å². The lowest BCUT2D eigenvalue weighted by Crippen LogP contribution is -1.97. The lowest BCUT2D eigenvalue weighted by atomic mass is 10.2. The minimum Gasteiger partial charge on any atom is -0.507 e. The molecule has 1 heterocycles. The number of rotatable bonds is 3. The molecule has 6 heteroatoms. The molecule has 1 aromatic heterocycles. The Labute approximate surface area is 125 Å². The second kappa shape index (κ2) is 5.76. The van der Waals surface area contributed by atoms with Crippen LogP contribution in [0.5, 0.6) is 5.75 Å². The molecule has 0 aliphatic rings. The lowest BCUT2D eigenvalue weighted by molar-refractivity contribution is 0.474. The summed E-state index contributed by atoms with van der Waals surface area (Å²) < 4.78 is 0. The zero-order chi connectivity index (χ0) is 14.7. The minimum absolute atomic E-state index is 0.162. The third-order valence-electron chi connectivity index (χ3n) is 2.95. The molecule has 0 aliphatic heterocycles. The second-order valence-electron chi connectivity index (χ2n) is 4.31. The van der Waals surface area contributed by atoms with Gasteiger partial charge in [0.25, 0.3) is 0 Å². The van der Waals surface area contributed by atoms with Gasteiger partial charge in [0.2, 0.25) is 0 Å². The van der Waals surface area contributed by atoms with E-state index in [1.54, 1.807) is 18.2 Å². The Balaban J connectivity index is 1.89. The first-order valence-corrected chi connectivity index (χ1v) is 6.61. The SMILES string of the molecule is Oc1ccccc1/C=N\Nc1nnc(Cl)c2ccccc12. The largest absolute Gasteiger partial charge is 0.507 e. The maximum absolute atomic E-state index is 9.65. The molecule has 0 saturated heterocycles. The van der Waals surface area contributed by atoms with Gasteiger partial charge < -0.3 is 5.11 Å². The summed E-state index contributed by atoms with van der Waals surface area (Å²) in [5.41, 5.74) is 3.42. The van der Waals surface area contributed by atoms with E-state index in [0.717, 1.165) is 10.8 Å². The Morgan fingerprint density at radius 2 is 1.71 bits per heavy atom. The summed E-state index contributed by atoms with van der Waals surface area (Å²) in [4.78, 5) is 0. The van der Waals surface area contributed by atoms with Gasteiger partial charge in [-0.25, -0.2) is 0 Å². The van der Waals surface area contributed by atoms with Gasteiger partial charge in [-0.2, -0.15) is 5.10 Å². The zero-order valence-electron chi connectivity index (χ0n) is 10.9. The molecular formula is C15H11ClN4O. The second-order valence-corrected chi connectivity index (χ2v) is 4.67. The van der Waals surface area contributed by atoms with Crippen LogP contribution in [-0.2, 0) is 0 Å². The highest BCUT2D eigenvalue weighted by Gasteiger charge is 2.06. The molecule has 3 aromatic rings. The standard InChI is InChI=1S/C15H11ClN4O/c16-14-11-6-2-3-7-12(11)15(20-18-14)19-17-9-10-5-1-4-8-13(10)21/h1-9,21H,(H,19,20)/b17-9-. The molecule has 2 N–H and O–H groups in total. The van der Waals surface area contributed by atoms with Crippen LogP contribution < -0.4 is 5.43 Å². The van der Waals surface area contributed by atoms with Crippen molar-refractivity contribution in [3.05, 3.63) is 59.2 Å². The molecule has 2 aromatic carbocycles. The van der Waals surface area contributed by atoms with Crippen LogP contribution in [0.25, 0.3) is 10.8 Å². The van der Waals surface area contributed by atoms with E-state index in [1.165, 1.54) is 6.21 Å². The van der Waals surface area contributed by atoms with Crippen LogP contribution in [0.2, 0.25) is 5.15 Å². The number of phenolic OH excluding ortho intramolecular Hbond substituents is 1. The topological polar surface area (TPSA) is 70.4 Å². The molecule has 0 aliphatic carbocycles. The number of fused-ring (bicyclic) bond motifs is 1. The summed E-state index contributed by atoms with van der Waals surface area (Å²) in [6, 6.07) is 14.4. The Morgan fingerprint density at radius 3 is 2.52 bits per heavy atom. The van der Waals surface area contributed by atoms with Crippen molar-refractivity contribution in [2.75, 3.05) is 5.43 Å². The van der Waals surface area contributed by atoms with Crippen molar-refractivity contribution in [1.29, 1.82) is 0 Å². The highest BCUT2D eigenvalue weighted by molar-refractivity contribution is 6.34. The van der Waals surface area contributed by atoms with E-state index in [4.69, 9.17) is 11.6 Å². The van der Waals surface area contributed by atoms with Crippen LogP contribution in [0.3, 0.4) is 0 Å². The number of phenols is 1. The number of para-hydroxylation sites is 1. The smallest absolute Gasteiger partial charge is 0.176 e. The Hall–Kier alpha value is -2.66. The third-order valence-corrected chi connectivity index (χ3v) is 3.23. The summed E-state index contributed by atoms with van der Waals surface area (Å²) in [5.74, 6) is 0.664. The fourth-order valence-electron chi connectivity index (χ4n) is 1.91. The van der Waals surface area contributed by atoms with E-state index in [2.05, 4.69) is 20.7 Å². The van der Waals surface area contributed by atoms with Gasteiger partial charge in [-0.1, -0.05) is 48.0 Å². The normalized spacial score (nSPS) is 11.1. The monoisotopic (exact) mass is 298 g/mol. The highest BCUT2D eigenvalue weighted by Crippen LogP contribution is 2.25. The Bertz CT molecular complexity index is 820. The first kappa shape index (κ1) is 13.3. The molecule has 0 fully saturated rings. The molecule has 3 rings (SSSR count). The number of hydrazone groups is 1. The number of anilines is 1. The van der Waals surface area contributed by atoms with Crippen molar-refractivity contribution < 1.29 is 5.11 Å². The van der Waals surface area contributed by atoms with Crippen LogP contribution in [-0.4, -0.2) is 21.5 Å². The van der Waals surface area contributed by atoms with Crippen LogP contribution >= 0.6 is 11.6 Å². The van der Waals surface area contributed by atoms with E-state index in [0.29, 0.717) is 16.5 Å². The average molecular weight is 299 g/mol. The van der Waals surface area contributed by atoms with Crippen molar-refractivity contribution in [3.8, 4) is 5.75 Å². The number of nitrogens with one attached hydrogen (secondary N) is 1. The minimum atomic E-state index is 0.162. The maximum Gasteiger partial charge on any atom is 0.176 e. The fraction of sp³-hybridized carbons (Fsp3) is 0. The van der Waals surface area contributed by atoms with E-state index < -0.39 is 0 Å². The number of hydrogen-bond donors (Lipinski definition) is 2. The molecule has 5 nitrogen and oxygen atoms in total. The van der Waals surface area contributed by atoms with Crippen molar-refractivity contribution in [2.24, 2.45) is 5.10 Å². The van der Waals surface area contributed by atoms with Gasteiger partial charge >= 0.3 is 0 Å². The molecular weight excluding hydrogens is 288 g/mol. The van der Waals surface area contributed by atoms with E-state index >= 15 is 0 Å². The van der Waals surface area contributed by atoms with Gasteiger partial charge in [0, 0.05) is 16.3 Å². The van der Waals surface area contributed by atoms with Crippen molar-refractivity contribution in [2.45, 2.75) is 0 Å². The molecule has 0 saturated carbocycles. The quantitative estimate of drug-likeness (QED) is 0.574. The molecule has 104 valence electrons. The van der Waals surface area contributed by atoms with Crippen molar-refractivity contribution in [3.63, 3.8) is 0 Å². The van der Waals surface area contributed by atoms with Gasteiger partial charge in [0.1, 0.15) is 5.75 Å². The predicted octanol–water partition coefficient (Wildman–Crippen LogP) is 3.43. The zero-order valence-corrected chi connectivity index (χ0v) is 11.6. The number of halogens is 1. The molecule has 0 atom stereocenters. The molecule has 0 radical (unpaired) electrons. The average Bonchev–Trinajstić information content (AvgIpc) is 2.52. The molecule has 21 heavy (non-hydrogen) atoms. The molecule has 0 amide bonds. The van der Waals surface area contributed by atoms with Gasteiger partial charge in [-0.05, 0) is 12.1 Å². The van der Waals surface area contributed by atoms with Crippen LogP contribution in [0.1, 0.15) is 5.56 Å². The lowest BCUT2D eigenvalue weighted by Gasteiger charge is -2.04. The van der Waals surface area contributed by atoms with Crippen molar-refractivity contribution in [1.82, 2.24) is 10.2 Å². The first-order chi connectivity index (χ1) is 10.3. The van der Waals surface area contributed by atoms with Gasteiger partial charge in [-0.3, -0.25) is 5.43 Å². The van der Waals surface area contributed by atoms with E-state index in [1.807, 2.05) is 30.3 Å². The van der Waals surface area contributed by atoms with Crippen LogP contribution in [0.4, 0.5) is 5.82 Å². The molecule has 0 bridgehead atoms. The number of aromatic nitrogens is 2. The van der Waals surface area contributed by atoms with Crippen LogP contribution in [0.15, 0.2) is 53.6 Å². The van der Waals surface area contributed by atoms with E-state index in [9.17, 15) is 5.11 Å². The highest BCUT2D eigenvalue weighted by atomic mass is 35.5. The molecule has 0 unspecified atom stereocenters. The summed E-state index contributed by atoms with van der Waals surface area (Å²) in [6.07, 6.45) is 1.51. The summed E-state index contributed by atoms with van der Waals surface area (Å²) in [6.45, 7) is 0. The van der Waals surface area contributed by atoms with Gasteiger partial charge in [0.05, 0.1) is 6.21 Å². The maximum atomic E-state index is 9.65. The summed E-state index contributed by atoms with van der Waals surface area (Å²) in [5, 5.41) is 23.6. The number of benzene rings is 2. The number of nitrogens with zero attached hydrogens (tertiary/aromatic N) is 3. The Kier molecular flexibility index (Phi) is 3.66. The van der Waals surface area contributed by atoms with E-state index in [-0.39, 0.29) is 5.75 Å². The predicted molar refractivity (Wildman–Crippen MR) is 83.9 cm³/mol. The number of aromatic hydroxyl groups is 1. The van der Waals surface area contributed by atoms with Crippen LogP contribution in [0, 0.1) is 0 Å². The Morgan fingerprint density at radius 1 is 1.00 bits per heavy atom. The fourth-order valence-corrected chi connectivity index (χ4v) is 2.12. The number of hydrogen-bond acceptors (Lipinski definition) is 5. The third kappa shape index (κ3) is 2.78. The summed E-state index contributed by atoms with van der Waals surface area (Å²) >= 11 is 6.01. The molecule has 0 spiro atoms. The first-order valence-electron chi connectivity index (χ1n) is 6.23.